The van der Waals surface area contributed by atoms with Gasteiger partial charge >= 0.3 is 5.97 Å². The highest BCUT2D eigenvalue weighted by atomic mass is 35.5. The number of benzene rings is 1. The molecule has 3 nitrogen and oxygen atoms in total. The third-order valence-corrected chi connectivity index (χ3v) is 2.26. The summed E-state index contributed by atoms with van der Waals surface area (Å²) in [5.41, 5.74) is 7.48. The molecule has 1 rings (SSSR count). The molecule has 14 heavy (non-hydrogen) atoms. The maximum atomic E-state index is 10.5. The highest BCUT2D eigenvalue weighted by molar-refractivity contribution is 6.30. The van der Waals surface area contributed by atoms with Crippen LogP contribution in [0.15, 0.2) is 18.2 Å². The van der Waals surface area contributed by atoms with E-state index in [-0.39, 0.29) is 6.42 Å². The van der Waals surface area contributed by atoms with Crippen molar-refractivity contribution < 1.29 is 9.90 Å². The standard InChI is InChI=1S/C10H12ClNO2/c1-6-4-7(11)2-3-8(6)9(12)5-10(13)14/h2-4,9H,5,12H2,1H3,(H,13,14). The highest BCUT2D eigenvalue weighted by Gasteiger charge is 2.12. The van der Waals surface area contributed by atoms with E-state index in [4.69, 9.17) is 22.4 Å². The molecular formula is C10H12ClNO2. The van der Waals surface area contributed by atoms with Crippen LogP contribution in [0.1, 0.15) is 23.6 Å². The van der Waals surface area contributed by atoms with E-state index in [9.17, 15) is 4.79 Å². The van der Waals surface area contributed by atoms with E-state index >= 15 is 0 Å². The Morgan fingerprint density at radius 3 is 2.79 bits per heavy atom. The minimum atomic E-state index is -0.896. The van der Waals surface area contributed by atoms with Gasteiger partial charge in [-0.2, -0.15) is 0 Å². The van der Waals surface area contributed by atoms with Gasteiger partial charge in [0.25, 0.3) is 0 Å². The zero-order chi connectivity index (χ0) is 10.7. The smallest absolute Gasteiger partial charge is 0.305 e. The predicted molar refractivity (Wildman–Crippen MR) is 55.4 cm³/mol. The van der Waals surface area contributed by atoms with Crippen LogP contribution in [-0.4, -0.2) is 11.1 Å². The SMILES string of the molecule is Cc1cc(Cl)ccc1C(N)CC(=O)O. The maximum Gasteiger partial charge on any atom is 0.305 e. The third kappa shape index (κ3) is 2.72. The summed E-state index contributed by atoms with van der Waals surface area (Å²) in [7, 11) is 0. The first-order chi connectivity index (χ1) is 6.50. The third-order valence-electron chi connectivity index (χ3n) is 2.03. The highest BCUT2D eigenvalue weighted by Crippen LogP contribution is 2.21. The van der Waals surface area contributed by atoms with E-state index in [1.54, 1.807) is 18.2 Å². The molecule has 0 heterocycles. The van der Waals surface area contributed by atoms with Gasteiger partial charge in [0.05, 0.1) is 6.42 Å². The quantitative estimate of drug-likeness (QED) is 0.809. The average molecular weight is 214 g/mol. The van der Waals surface area contributed by atoms with Gasteiger partial charge in [0.15, 0.2) is 0 Å². The predicted octanol–water partition coefficient (Wildman–Crippen LogP) is 2.12. The second-order valence-corrected chi connectivity index (χ2v) is 3.64. The molecule has 1 atom stereocenters. The van der Waals surface area contributed by atoms with Crippen LogP contribution in [0.4, 0.5) is 0 Å². The monoisotopic (exact) mass is 213 g/mol. The number of hydrogen-bond acceptors (Lipinski definition) is 2. The number of aliphatic carboxylic acids is 1. The molecule has 0 aliphatic heterocycles. The van der Waals surface area contributed by atoms with Gasteiger partial charge in [-0.1, -0.05) is 17.7 Å². The molecule has 0 radical (unpaired) electrons. The van der Waals surface area contributed by atoms with E-state index < -0.39 is 12.0 Å². The Labute approximate surface area is 87.5 Å². The Morgan fingerprint density at radius 2 is 2.29 bits per heavy atom. The second-order valence-electron chi connectivity index (χ2n) is 3.21. The summed E-state index contributed by atoms with van der Waals surface area (Å²) in [5.74, 6) is -0.896. The van der Waals surface area contributed by atoms with Crippen molar-refractivity contribution in [2.24, 2.45) is 5.73 Å². The van der Waals surface area contributed by atoms with E-state index in [1.165, 1.54) is 0 Å². The molecular weight excluding hydrogens is 202 g/mol. The summed E-state index contributed by atoms with van der Waals surface area (Å²) >= 11 is 5.77. The lowest BCUT2D eigenvalue weighted by atomic mass is 10.00. The Kier molecular flexibility index (Phi) is 3.49. The van der Waals surface area contributed by atoms with Crippen molar-refractivity contribution in [3.63, 3.8) is 0 Å². The molecule has 1 aromatic carbocycles. The Balaban J connectivity index is 2.90. The minimum Gasteiger partial charge on any atom is -0.481 e. The summed E-state index contributed by atoms with van der Waals surface area (Å²) in [6.45, 7) is 1.86. The molecule has 0 bridgehead atoms. The van der Waals surface area contributed by atoms with Crippen molar-refractivity contribution in [3.05, 3.63) is 34.3 Å². The number of aryl methyl sites for hydroxylation is 1. The second kappa shape index (κ2) is 4.44. The van der Waals surface area contributed by atoms with Gasteiger partial charge in [-0.05, 0) is 30.2 Å². The first-order valence-corrected chi connectivity index (χ1v) is 4.62. The summed E-state index contributed by atoms with van der Waals surface area (Å²) < 4.78 is 0. The van der Waals surface area contributed by atoms with Crippen LogP contribution >= 0.6 is 11.6 Å². The summed E-state index contributed by atoms with van der Waals surface area (Å²) in [4.78, 5) is 10.5. The van der Waals surface area contributed by atoms with Gasteiger partial charge in [0.1, 0.15) is 0 Å². The van der Waals surface area contributed by atoms with Crippen LogP contribution in [0.5, 0.6) is 0 Å². The van der Waals surface area contributed by atoms with Gasteiger partial charge in [-0.25, -0.2) is 0 Å². The number of nitrogens with two attached hydrogens (primary N) is 1. The number of hydrogen-bond donors (Lipinski definition) is 2. The normalized spacial score (nSPS) is 12.5. The fourth-order valence-electron chi connectivity index (χ4n) is 1.35. The largest absolute Gasteiger partial charge is 0.481 e. The minimum absolute atomic E-state index is 0.0670. The fourth-order valence-corrected chi connectivity index (χ4v) is 1.58. The van der Waals surface area contributed by atoms with Crippen LogP contribution in [-0.2, 0) is 4.79 Å². The fraction of sp³-hybridized carbons (Fsp3) is 0.300. The Morgan fingerprint density at radius 1 is 1.64 bits per heavy atom. The van der Waals surface area contributed by atoms with Gasteiger partial charge in [0.2, 0.25) is 0 Å². The molecule has 3 N–H and O–H groups in total. The number of carboxylic acid groups (broad SMARTS) is 1. The molecule has 0 saturated carbocycles. The molecule has 0 spiro atoms. The molecule has 0 amide bonds. The van der Waals surface area contributed by atoms with Crippen molar-refractivity contribution in [1.29, 1.82) is 0 Å². The van der Waals surface area contributed by atoms with Crippen LogP contribution in [0, 0.1) is 6.92 Å². The van der Waals surface area contributed by atoms with Crippen molar-refractivity contribution in [2.75, 3.05) is 0 Å². The van der Waals surface area contributed by atoms with Crippen molar-refractivity contribution in [1.82, 2.24) is 0 Å². The average Bonchev–Trinajstić information content (AvgIpc) is 2.01. The van der Waals surface area contributed by atoms with E-state index in [2.05, 4.69) is 0 Å². The number of carbonyl (C=O) groups is 1. The number of halogens is 1. The van der Waals surface area contributed by atoms with Crippen molar-refractivity contribution >= 4 is 17.6 Å². The molecule has 0 aromatic heterocycles. The van der Waals surface area contributed by atoms with Crippen LogP contribution in [0.25, 0.3) is 0 Å². The summed E-state index contributed by atoms with van der Waals surface area (Å²) in [6, 6.07) is 4.79. The van der Waals surface area contributed by atoms with E-state index in [0.717, 1.165) is 11.1 Å². The molecule has 1 aromatic rings. The lowest BCUT2D eigenvalue weighted by Gasteiger charge is -2.12. The zero-order valence-corrected chi connectivity index (χ0v) is 8.58. The van der Waals surface area contributed by atoms with Gasteiger partial charge < -0.3 is 10.8 Å². The first-order valence-electron chi connectivity index (χ1n) is 4.24. The lowest BCUT2D eigenvalue weighted by molar-refractivity contribution is -0.137. The first kappa shape index (κ1) is 11.0. The molecule has 0 fully saturated rings. The Bertz CT molecular complexity index is 352. The maximum absolute atomic E-state index is 10.5. The van der Waals surface area contributed by atoms with E-state index in [0.29, 0.717) is 5.02 Å². The van der Waals surface area contributed by atoms with E-state index in [1.807, 2.05) is 6.92 Å². The molecule has 76 valence electrons. The Hall–Kier alpha value is -1.06. The molecule has 4 heteroatoms. The number of carboxylic acids is 1. The zero-order valence-electron chi connectivity index (χ0n) is 7.83. The summed E-state index contributed by atoms with van der Waals surface area (Å²) in [6.07, 6.45) is -0.0670. The molecule has 0 saturated heterocycles. The lowest BCUT2D eigenvalue weighted by Crippen LogP contribution is -2.15. The van der Waals surface area contributed by atoms with Gasteiger partial charge in [-0.15, -0.1) is 0 Å². The van der Waals surface area contributed by atoms with Crippen molar-refractivity contribution in [2.45, 2.75) is 19.4 Å². The molecule has 0 aliphatic rings. The topological polar surface area (TPSA) is 63.3 Å². The van der Waals surface area contributed by atoms with Crippen LogP contribution in [0.2, 0.25) is 5.02 Å². The van der Waals surface area contributed by atoms with Crippen molar-refractivity contribution in [3.8, 4) is 0 Å². The molecule has 1 unspecified atom stereocenters. The van der Waals surface area contributed by atoms with Crippen LogP contribution in [0.3, 0.4) is 0 Å². The summed E-state index contributed by atoms with van der Waals surface area (Å²) in [5, 5.41) is 9.22. The molecule has 0 aliphatic carbocycles. The van der Waals surface area contributed by atoms with Gasteiger partial charge in [-0.3, -0.25) is 4.79 Å². The van der Waals surface area contributed by atoms with Gasteiger partial charge in [0, 0.05) is 11.1 Å². The number of rotatable bonds is 3. The van der Waals surface area contributed by atoms with Crippen LogP contribution < -0.4 is 5.73 Å².